The van der Waals surface area contributed by atoms with Crippen LogP contribution >= 0.6 is 0 Å². The molecule has 1 atom stereocenters. The zero-order valence-corrected chi connectivity index (χ0v) is 28.9. The first-order valence-electron chi connectivity index (χ1n) is 18.3. The fourth-order valence-corrected chi connectivity index (χ4v) is 9.84. The molecule has 52 heavy (non-hydrogen) atoms. The second-order valence-corrected chi connectivity index (χ2v) is 14.6. The maximum absolute atomic E-state index is 2.50. The lowest BCUT2D eigenvalue weighted by Crippen LogP contribution is -2.28. The SMILES string of the molecule is CC12c3cccc(c3)-c3ccccc3N(c3ccc4c(c3)C(c3ccccc3)(c3ccccc3)c3ccccc3-4)c3ccc(c1c3)-c1ccccc12. The summed E-state index contributed by atoms with van der Waals surface area (Å²) in [6.45, 7) is 2.42. The molecule has 1 unspecified atom stereocenters. The molecule has 0 radical (unpaired) electrons. The topological polar surface area (TPSA) is 3.24 Å². The molecular formula is C51H35N. The lowest BCUT2D eigenvalue weighted by atomic mass is 9.67. The summed E-state index contributed by atoms with van der Waals surface area (Å²) in [6.07, 6.45) is 0. The number of hydrogen-bond donors (Lipinski definition) is 0. The highest BCUT2D eigenvalue weighted by molar-refractivity contribution is 5.94. The van der Waals surface area contributed by atoms with Gasteiger partial charge in [0.05, 0.1) is 11.1 Å². The second kappa shape index (κ2) is 10.8. The Hall–Kier alpha value is -6.44. The molecule has 0 N–H and O–H groups in total. The van der Waals surface area contributed by atoms with E-state index in [1.54, 1.807) is 0 Å². The second-order valence-electron chi connectivity index (χ2n) is 14.6. The molecule has 4 bridgehead atoms. The van der Waals surface area contributed by atoms with Crippen molar-refractivity contribution < 1.29 is 0 Å². The van der Waals surface area contributed by atoms with E-state index in [1.807, 2.05) is 0 Å². The van der Waals surface area contributed by atoms with Gasteiger partial charge in [0.15, 0.2) is 0 Å². The number of rotatable bonds is 3. The quantitative estimate of drug-likeness (QED) is 0.182. The van der Waals surface area contributed by atoms with Crippen LogP contribution in [0.4, 0.5) is 17.1 Å². The molecule has 0 spiro atoms. The predicted octanol–water partition coefficient (Wildman–Crippen LogP) is 12.8. The van der Waals surface area contributed by atoms with Crippen molar-refractivity contribution in [2.45, 2.75) is 17.8 Å². The third-order valence-corrected chi connectivity index (χ3v) is 12.2. The summed E-state index contributed by atoms with van der Waals surface area (Å²) in [5.74, 6) is 0. The first-order valence-corrected chi connectivity index (χ1v) is 18.3. The smallest absolute Gasteiger partial charge is 0.0714 e. The molecule has 11 rings (SSSR count). The minimum atomic E-state index is -0.479. The van der Waals surface area contributed by atoms with Gasteiger partial charge in [0.2, 0.25) is 0 Å². The van der Waals surface area contributed by atoms with Crippen molar-refractivity contribution in [1.82, 2.24) is 0 Å². The third-order valence-electron chi connectivity index (χ3n) is 12.2. The van der Waals surface area contributed by atoms with E-state index in [0.29, 0.717) is 0 Å². The Morgan fingerprint density at radius 3 is 1.54 bits per heavy atom. The Labute approximate surface area is 305 Å². The van der Waals surface area contributed by atoms with Crippen molar-refractivity contribution in [1.29, 1.82) is 0 Å². The molecular weight excluding hydrogens is 627 g/mol. The Bertz CT molecular complexity index is 2670. The fraction of sp³-hybridized carbons (Fsp3) is 0.0588. The molecule has 8 aromatic carbocycles. The summed E-state index contributed by atoms with van der Waals surface area (Å²) in [7, 11) is 0. The molecule has 1 heterocycles. The van der Waals surface area contributed by atoms with Gasteiger partial charge < -0.3 is 4.90 Å². The van der Waals surface area contributed by atoms with E-state index in [0.717, 1.165) is 11.4 Å². The van der Waals surface area contributed by atoms with Gasteiger partial charge in [-0.05, 0) is 110 Å². The van der Waals surface area contributed by atoms with Crippen LogP contribution in [-0.2, 0) is 10.8 Å². The molecule has 244 valence electrons. The van der Waals surface area contributed by atoms with Crippen molar-refractivity contribution in [3.63, 3.8) is 0 Å². The summed E-state index contributed by atoms with van der Waals surface area (Å²) in [6, 6.07) is 72.7. The van der Waals surface area contributed by atoms with Crippen molar-refractivity contribution in [2.75, 3.05) is 4.90 Å². The lowest BCUT2D eigenvalue weighted by Gasteiger charge is -2.36. The average Bonchev–Trinajstić information content (AvgIpc) is 3.66. The first kappa shape index (κ1) is 29.3. The van der Waals surface area contributed by atoms with Gasteiger partial charge in [0.1, 0.15) is 0 Å². The monoisotopic (exact) mass is 661 g/mol. The average molecular weight is 662 g/mol. The summed E-state index contributed by atoms with van der Waals surface area (Å²) >= 11 is 0. The van der Waals surface area contributed by atoms with Gasteiger partial charge in [-0.15, -0.1) is 0 Å². The minimum absolute atomic E-state index is 0.286. The molecule has 0 amide bonds. The van der Waals surface area contributed by atoms with E-state index in [9.17, 15) is 0 Å². The Morgan fingerprint density at radius 2 is 0.846 bits per heavy atom. The van der Waals surface area contributed by atoms with Gasteiger partial charge in [-0.1, -0.05) is 158 Å². The van der Waals surface area contributed by atoms with E-state index >= 15 is 0 Å². The molecule has 1 aliphatic heterocycles. The van der Waals surface area contributed by atoms with Gasteiger partial charge in [-0.25, -0.2) is 0 Å². The number of anilines is 3. The summed E-state index contributed by atoms with van der Waals surface area (Å²) in [4.78, 5) is 2.50. The van der Waals surface area contributed by atoms with Crippen LogP contribution in [0.2, 0.25) is 0 Å². The standard InChI is InChI=1S/C51H35N/c1-50-37-20-14-15-34(31-37)40-21-10-13-26-49(40)52(38-27-29-43(47(50)32-38)41-22-8-11-24-45(41)50)39-28-30-44-42-23-9-12-25-46(42)51(48(44)33-39,35-16-4-2-5-17-35)36-18-6-3-7-19-36/h2-33H,1H3. The maximum Gasteiger partial charge on any atom is 0.0714 e. The van der Waals surface area contributed by atoms with Gasteiger partial charge in [0.25, 0.3) is 0 Å². The first-order chi connectivity index (χ1) is 25.7. The van der Waals surface area contributed by atoms with Crippen molar-refractivity contribution in [3.05, 3.63) is 233 Å². The van der Waals surface area contributed by atoms with Gasteiger partial charge in [0, 0.05) is 22.4 Å². The Balaban J connectivity index is 1.23. The highest BCUT2D eigenvalue weighted by Crippen LogP contribution is 2.59. The molecule has 0 saturated heterocycles. The van der Waals surface area contributed by atoms with E-state index < -0.39 is 5.41 Å². The number of para-hydroxylation sites is 1. The molecule has 3 aliphatic rings. The number of benzene rings is 8. The summed E-state index contributed by atoms with van der Waals surface area (Å²) in [5, 5.41) is 0. The van der Waals surface area contributed by atoms with E-state index in [1.165, 1.54) is 78.0 Å². The molecule has 1 nitrogen and oxygen atoms in total. The highest BCUT2D eigenvalue weighted by atomic mass is 15.1. The Morgan fingerprint density at radius 1 is 0.346 bits per heavy atom. The van der Waals surface area contributed by atoms with Gasteiger partial charge >= 0.3 is 0 Å². The van der Waals surface area contributed by atoms with E-state index in [2.05, 4.69) is 206 Å². The molecule has 1 heteroatoms. The number of fused-ring (bicyclic) bond motifs is 12. The maximum atomic E-state index is 2.50. The summed E-state index contributed by atoms with van der Waals surface area (Å²) in [5.41, 5.74) is 19.6. The largest absolute Gasteiger partial charge is 0.310 e. The van der Waals surface area contributed by atoms with Crippen LogP contribution in [0.25, 0.3) is 33.4 Å². The van der Waals surface area contributed by atoms with Crippen LogP contribution in [0.3, 0.4) is 0 Å². The van der Waals surface area contributed by atoms with Crippen LogP contribution in [0.15, 0.2) is 194 Å². The van der Waals surface area contributed by atoms with Crippen molar-refractivity contribution in [3.8, 4) is 33.4 Å². The van der Waals surface area contributed by atoms with Crippen molar-refractivity contribution >= 4 is 17.1 Å². The summed E-state index contributed by atoms with van der Waals surface area (Å²) < 4.78 is 0. The van der Waals surface area contributed by atoms with Crippen LogP contribution in [0.1, 0.15) is 45.9 Å². The molecule has 0 saturated carbocycles. The number of nitrogens with zero attached hydrogens (tertiary/aromatic N) is 1. The highest BCUT2D eigenvalue weighted by Gasteiger charge is 2.47. The molecule has 0 aromatic heterocycles. The van der Waals surface area contributed by atoms with E-state index in [4.69, 9.17) is 0 Å². The third kappa shape index (κ3) is 3.78. The molecule has 2 aliphatic carbocycles. The fourth-order valence-electron chi connectivity index (χ4n) is 9.84. The van der Waals surface area contributed by atoms with E-state index in [-0.39, 0.29) is 5.41 Å². The van der Waals surface area contributed by atoms with Crippen LogP contribution < -0.4 is 4.90 Å². The number of hydrogen-bond acceptors (Lipinski definition) is 1. The van der Waals surface area contributed by atoms with Crippen LogP contribution in [0, 0.1) is 0 Å². The van der Waals surface area contributed by atoms with Crippen LogP contribution in [-0.4, -0.2) is 0 Å². The van der Waals surface area contributed by atoms with Crippen molar-refractivity contribution in [2.24, 2.45) is 0 Å². The van der Waals surface area contributed by atoms with Gasteiger partial charge in [-0.3, -0.25) is 0 Å². The molecule has 0 fully saturated rings. The zero-order chi connectivity index (χ0) is 34.4. The normalized spacial score (nSPS) is 16.8. The molecule has 8 aromatic rings. The van der Waals surface area contributed by atoms with Crippen LogP contribution in [0.5, 0.6) is 0 Å². The van der Waals surface area contributed by atoms with Gasteiger partial charge in [-0.2, -0.15) is 0 Å². The minimum Gasteiger partial charge on any atom is -0.310 e. The lowest BCUT2D eigenvalue weighted by molar-refractivity contribution is 0.714. The predicted molar refractivity (Wildman–Crippen MR) is 215 cm³/mol. The zero-order valence-electron chi connectivity index (χ0n) is 28.9. The Kier molecular flexibility index (Phi) is 6.08.